The van der Waals surface area contributed by atoms with Crippen molar-refractivity contribution in [1.82, 2.24) is 0 Å². The highest BCUT2D eigenvalue weighted by atomic mass is 16.4. The maximum absolute atomic E-state index is 11.9. The van der Waals surface area contributed by atoms with Gasteiger partial charge in [-0.25, -0.2) is 0 Å². The molecule has 1 heterocycles. The monoisotopic (exact) mass is 504 g/mol. The molecule has 0 saturated carbocycles. The molecular weight excluding hydrogens is 476 g/mol. The normalized spacial score (nSPS) is 16.5. The van der Waals surface area contributed by atoms with E-state index in [0.717, 1.165) is 30.5 Å². The molecule has 1 unspecified atom stereocenters. The van der Waals surface area contributed by atoms with Crippen LogP contribution in [0.25, 0.3) is 28.7 Å². The second-order valence-corrected chi connectivity index (χ2v) is 9.51. The molecule has 190 valence electrons. The van der Waals surface area contributed by atoms with Crippen molar-refractivity contribution in [3.05, 3.63) is 115 Å². The number of carboxylic acid groups (broad SMARTS) is 1. The third kappa shape index (κ3) is 5.24. The lowest BCUT2D eigenvalue weighted by atomic mass is 9.87. The van der Waals surface area contributed by atoms with Crippen LogP contribution in [0.2, 0.25) is 0 Å². The second-order valence-electron chi connectivity index (χ2n) is 9.51. The van der Waals surface area contributed by atoms with Crippen molar-refractivity contribution >= 4 is 35.8 Å². The van der Waals surface area contributed by atoms with Crippen molar-refractivity contribution < 1.29 is 14.7 Å². The molecule has 7 heteroatoms. The van der Waals surface area contributed by atoms with Crippen LogP contribution in [0.3, 0.4) is 0 Å². The zero-order valence-corrected chi connectivity index (χ0v) is 21.0. The van der Waals surface area contributed by atoms with Crippen LogP contribution >= 0.6 is 0 Å². The van der Waals surface area contributed by atoms with E-state index in [9.17, 15) is 9.59 Å². The van der Waals surface area contributed by atoms with Crippen LogP contribution in [0, 0.1) is 10.4 Å². The van der Waals surface area contributed by atoms with Crippen molar-refractivity contribution in [2.45, 2.75) is 38.1 Å². The van der Waals surface area contributed by atoms with E-state index in [1.165, 1.54) is 32.0 Å². The van der Waals surface area contributed by atoms with Crippen LogP contribution in [-0.4, -0.2) is 29.6 Å². The lowest BCUT2D eigenvalue weighted by Crippen LogP contribution is -2.32. The van der Waals surface area contributed by atoms with Crippen molar-refractivity contribution in [3.8, 4) is 0 Å². The zero-order chi connectivity index (χ0) is 26.5. The summed E-state index contributed by atoms with van der Waals surface area (Å²) in [6, 6.07) is 20.6. The Morgan fingerprint density at radius 2 is 1.79 bits per heavy atom. The number of fused-ring (bicyclic) bond motifs is 5. The van der Waals surface area contributed by atoms with Gasteiger partial charge in [-0.05, 0) is 68.4 Å². The van der Waals surface area contributed by atoms with Gasteiger partial charge >= 0.3 is 5.97 Å². The summed E-state index contributed by atoms with van der Waals surface area (Å²) >= 11 is 0. The third-order valence-corrected chi connectivity index (χ3v) is 7.18. The molecule has 3 aromatic carbocycles. The minimum absolute atomic E-state index is 0.0416. The van der Waals surface area contributed by atoms with Crippen LogP contribution in [-0.2, 0) is 22.4 Å². The summed E-state index contributed by atoms with van der Waals surface area (Å²) in [5, 5.41) is 17.9. The number of amides is 1. The standard InChI is InChI=1S/C18H15N3.C13H13NO3/c19-21-20-14-8-5-13-7-9-16-15-4-2-1-3-12(15)6-10-17(16)18(13)11-14;15-12-7-3-5-10-4-1-2-6-11(10)14(12)9-8-13(16)17/h1-7,9,14H,8,10-11H2;1-6H,7-9H2,(H,16,17). The summed E-state index contributed by atoms with van der Waals surface area (Å²) < 4.78 is 0. The van der Waals surface area contributed by atoms with Gasteiger partial charge < -0.3 is 10.0 Å². The smallest absolute Gasteiger partial charge is 0.305 e. The SMILES string of the molecule is O=C(O)CCN1C(=O)CC=Cc2ccccc21.[N-]=[N+]=NC1CC=c2ccc3c(c2C1)CC=c1ccccc1=3. The Morgan fingerprint density at radius 1 is 0.974 bits per heavy atom. The van der Waals surface area contributed by atoms with E-state index < -0.39 is 5.97 Å². The molecule has 3 aromatic rings. The molecule has 3 aliphatic rings. The maximum Gasteiger partial charge on any atom is 0.305 e. The van der Waals surface area contributed by atoms with Crippen molar-refractivity contribution in [2.24, 2.45) is 5.11 Å². The lowest BCUT2D eigenvalue weighted by Gasteiger charge is -2.22. The Labute approximate surface area is 220 Å². The molecular formula is C31H28N4O3. The van der Waals surface area contributed by atoms with E-state index in [0.29, 0.717) is 6.42 Å². The Morgan fingerprint density at radius 3 is 2.63 bits per heavy atom. The molecule has 1 amide bonds. The van der Waals surface area contributed by atoms with E-state index >= 15 is 0 Å². The number of hydrogen-bond donors (Lipinski definition) is 1. The van der Waals surface area contributed by atoms with Crippen LogP contribution < -0.4 is 15.3 Å². The molecule has 0 aromatic heterocycles. The summed E-state index contributed by atoms with van der Waals surface area (Å²) in [6.45, 7) is 0.215. The van der Waals surface area contributed by atoms with Crippen LogP contribution in [0.4, 0.5) is 5.69 Å². The first-order valence-electron chi connectivity index (χ1n) is 12.8. The highest BCUT2D eigenvalue weighted by Crippen LogP contribution is 2.25. The van der Waals surface area contributed by atoms with E-state index in [-0.39, 0.29) is 24.9 Å². The van der Waals surface area contributed by atoms with Gasteiger partial charge in [-0.2, -0.15) is 0 Å². The molecule has 0 spiro atoms. The highest BCUT2D eigenvalue weighted by Gasteiger charge is 2.20. The molecule has 1 N–H and O–H groups in total. The molecule has 0 fully saturated rings. The van der Waals surface area contributed by atoms with Crippen LogP contribution in [0.15, 0.2) is 71.9 Å². The molecule has 0 bridgehead atoms. The summed E-state index contributed by atoms with van der Waals surface area (Å²) in [6.07, 6.45) is 11.1. The first kappa shape index (κ1) is 25.1. The predicted molar refractivity (Wildman–Crippen MR) is 148 cm³/mol. The number of azide groups is 1. The highest BCUT2D eigenvalue weighted by molar-refractivity contribution is 5.98. The molecule has 7 nitrogen and oxygen atoms in total. The Balaban J connectivity index is 0.000000159. The summed E-state index contributed by atoms with van der Waals surface area (Å²) in [7, 11) is 0. The average Bonchev–Trinajstić information content (AvgIpc) is 3.10. The van der Waals surface area contributed by atoms with Gasteiger partial charge in [0.05, 0.1) is 12.1 Å². The molecule has 2 aliphatic carbocycles. The number of benzene rings is 3. The first-order chi connectivity index (χ1) is 18.5. The van der Waals surface area contributed by atoms with Gasteiger partial charge in [-0.3, -0.25) is 9.59 Å². The first-order valence-corrected chi connectivity index (χ1v) is 12.8. The molecule has 0 radical (unpaired) electrons. The summed E-state index contributed by atoms with van der Waals surface area (Å²) in [5.41, 5.74) is 13.2. The topological polar surface area (TPSA) is 106 Å². The largest absolute Gasteiger partial charge is 0.481 e. The minimum atomic E-state index is -0.896. The number of anilines is 1. The number of para-hydroxylation sites is 1. The van der Waals surface area contributed by atoms with Gasteiger partial charge in [0.25, 0.3) is 0 Å². The minimum Gasteiger partial charge on any atom is -0.481 e. The van der Waals surface area contributed by atoms with Gasteiger partial charge in [0.2, 0.25) is 5.91 Å². The van der Waals surface area contributed by atoms with Gasteiger partial charge in [0.15, 0.2) is 0 Å². The molecule has 1 atom stereocenters. The molecule has 0 saturated heterocycles. The number of carboxylic acids is 1. The van der Waals surface area contributed by atoms with Gasteiger partial charge in [0, 0.05) is 23.9 Å². The van der Waals surface area contributed by atoms with Gasteiger partial charge in [0.1, 0.15) is 0 Å². The Hall–Kier alpha value is -4.61. The summed E-state index contributed by atoms with van der Waals surface area (Å²) in [5.74, 6) is -0.958. The number of aliphatic carboxylic acids is 1. The fourth-order valence-corrected chi connectivity index (χ4v) is 5.36. The van der Waals surface area contributed by atoms with Gasteiger partial charge in [-0.15, -0.1) is 0 Å². The quantitative estimate of drug-likeness (QED) is 0.318. The molecule has 38 heavy (non-hydrogen) atoms. The summed E-state index contributed by atoms with van der Waals surface area (Å²) in [4.78, 5) is 27.0. The fourth-order valence-electron chi connectivity index (χ4n) is 5.36. The Bertz CT molecular complexity index is 1700. The van der Waals surface area contributed by atoms with E-state index in [1.807, 2.05) is 36.4 Å². The van der Waals surface area contributed by atoms with E-state index in [4.69, 9.17) is 10.6 Å². The number of carbonyl (C=O) groups excluding carboxylic acids is 1. The maximum atomic E-state index is 11.9. The van der Waals surface area contributed by atoms with Crippen LogP contribution in [0.1, 0.15) is 36.0 Å². The van der Waals surface area contributed by atoms with Crippen molar-refractivity contribution in [3.63, 3.8) is 0 Å². The van der Waals surface area contributed by atoms with Gasteiger partial charge in [-0.1, -0.05) is 84.0 Å². The average molecular weight is 505 g/mol. The number of nitrogens with zero attached hydrogens (tertiary/aromatic N) is 4. The third-order valence-electron chi connectivity index (χ3n) is 7.18. The van der Waals surface area contributed by atoms with Crippen molar-refractivity contribution in [2.75, 3.05) is 11.4 Å². The van der Waals surface area contributed by atoms with E-state index in [1.54, 1.807) is 4.90 Å². The molecule has 1 aliphatic heterocycles. The fraction of sp³-hybridized carbons (Fsp3) is 0.226. The second kappa shape index (κ2) is 11.2. The number of carbonyl (C=O) groups is 2. The Kier molecular flexibility index (Phi) is 7.38. The van der Waals surface area contributed by atoms with Crippen molar-refractivity contribution in [1.29, 1.82) is 0 Å². The van der Waals surface area contributed by atoms with E-state index in [2.05, 4.69) is 58.6 Å². The number of rotatable bonds is 4. The zero-order valence-electron chi connectivity index (χ0n) is 21.0. The lowest BCUT2D eigenvalue weighted by molar-refractivity contribution is -0.136. The number of hydrogen-bond acceptors (Lipinski definition) is 3. The predicted octanol–water partition coefficient (Wildman–Crippen LogP) is 4.63. The molecule has 6 rings (SSSR count). The van der Waals surface area contributed by atoms with Crippen LogP contribution in [0.5, 0.6) is 0 Å².